The van der Waals surface area contributed by atoms with Gasteiger partial charge in [0.2, 0.25) is 0 Å². The van der Waals surface area contributed by atoms with Crippen LogP contribution in [0.2, 0.25) is 0 Å². The van der Waals surface area contributed by atoms with E-state index in [0.29, 0.717) is 6.54 Å². The van der Waals surface area contributed by atoms with Crippen LogP contribution in [0, 0.1) is 0 Å². The summed E-state index contributed by atoms with van der Waals surface area (Å²) in [5.74, 6) is -0.950. The van der Waals surface area contributed by atoms with E-state index in [0.717, 1.165) is 0 Å². The van der Waals surface area contributed by atoms with Crippen LogP contribution < -0.4 is 0 Å². The Kier molecular flexibility index (Phi) is 2.43. The molecule has 4 nitrogen and oxygen atoms in total. The number of rotatable bonds is 3. The number of nitrogens with zero attached hydrogens (tertiary/aromatic N) is 1. The van der Waals surface area contributed by atoms with Gasteiger partial charge in [-0.05, 0) is 19.9 Å². The molecule has 0 saturated carbocycles. The molecule has 0 unspecified atom stereocenters. The Morgan fingerprint density at radius 3 is 2.62 bits per heavy atom. The van der Waals surface area contributed by atoms with Gasteiger partial charge in [-0.3, -0.25) is 0 Å². The van der Waals surface area contributed by atoms with E-state index in [4.69, 9.17) is 5.11 Å². The number of aliphatic hydroxyl groups is 1. The number of carboxylic acid groups (broad SMARTS) is 1. The van der Waals surface area contributed by atoms with Crippen LogP contribution in [0.5, 0.6) is 0 Å². The third-order valence-corrected chi connectivity index (χ3v) is 1.57. The topological polar surface area (TPSA) is 62.5 Å². The molecule has 0 saturated heterocycles. The quantitative estimate of drug-likeness (QED) is 0.733. The molecule has 2 N–H and O–H groups in total. The van der Waals surface area contributed by atoms with E-state index >= 15 is 0 Å². The van der Waals surface area contributed by atoms with Crippen LogP contribution in [0.4, 0.5) is 0 Å². The lowest BCUT2D eigenvalue weighted by molar-refractivity contribution is 0.0609. The van der Waals surface area contributed by atoms with Crippen LogP contribution in [-0.2, 0) is 6.54 Å². The minimum Gasteiger partial charge on any atom is -0.478 e. The second kappa shape index (κ2) is 3.22. The van der Waals surface area contributed by atoms with E-state index < -0.39 is 11.6 Å². The zero-order valence-electron chi connectivity index (χ0n) is 7.69. The lowest BCUT2D eigenvalue weighted by Gasteiger charge is -2.17. The predicted octanol–water partition coefficient (Wildman–Crippen LogP) is 0.957. The molecule has 0 aromatic carbocycles. The molecule has 4 heteroatoms. The number of carbonyl (C=O) groups is 1. The van der Waals surface area contributed by atoms with Gasteiger partial charge in [-0.15, -0.1) is 0 Å². The first-order valence-electron chi connectivity index (χ1n) is 4.00. The average molecular weight is 183 g/mol. The first-order valence-corrected chi connectivity index (χ1v) is 4.00. The van der Waals surface area contributed by atoms with E-state index in [2.05, 4.69) is 0 Å². The molecule has 0 atom stereocenters. The predicted molar refractivity (Wildman–Crippen MR) is 47.7 cm³/mol. The van der Waals surface area contributed by atoms with Crippen molar-refractivity contribution < 1.29 is 15.0 Å². The number of aromatic nitrogens is 1. The molecule has 0 aliphatic heterocycles. The van der Waals surface area contributed by atoms with Gasteiger partial charge in [0.05, 0.1) is 17.7 Å². The van der Waals surface area contributed by atoms with Crippen molar-refractivity contribution in [2.24, 2.45) is 0 Å². The van der Waals surface area contributed by atoms with Gasteiger partial charge >= 0.3 is 5.97 Å². The van der Waals surface area contributed by atoms with Gasteiger partial charge in [0.15, 0.2) is 0 Å². The number of hydrogen-bond donors (Lipinski definition) is 2. The van der Waals surface area contributed by atoms with E-state index in [1.807, 2.05) is 0 Å². The highest BCUT2D eigenvalue weighted by Crippen LogP contribution is 2.08. The summed E-state index contributed by atoms with van der Waals surface area (Å²) in [6.07, 6.45) is 3.14. The summed E-state index contributed by atoms with van der Waals surface area (Å²) in [7, 11) is 0. The average Bonchev–Trinajstić information content (AvgIpc) is 2.31. The van der Waals surface area contributed by atoms with Crippen LogP contribution in [-0.4, -0.2) is 26.4 Å². The third kappa shape index (κ3) is 2.91. The van der Waals surface area contributed by atoms with Gasteiger partial charge in [0.25, 0.3) is 0 Å². The number of aromatic carboxylic acids is 1. The fourth-order valence-corrected chi connectivity index (χ4v) is 1.11. The fourth-order valence-electron chi connectivity index (χ4n) is 1.11. The van der Waals surface area contributed by atoms with E-state index in [9.17, 15) is 9.90 Å². The summed E-state index contributed by atoms with van der Waals surface area (Å²) in [6, 6.07) is 1.51. The molecule has 0 amide bonds. The van der Waals surface area contributed by atoms with Crippen LogP contribution >= 0.6 is 0 Å². The Labute approximate surface area is 76.4 Å². The lowest BCUT2D eigenvalue weighted by Crippen LogP contribution is -2.25. The Hall–Kier alpha value is -1.29. The van der Waals surface area contributed by atoms with Gasteiger partial charge in [-0.25, -0.2) is 4.79 Å². The Balaban J connectivity index is 2.75. The Morgan fingerprint density at radius 1 is 1.62 bits per heavy atom. The largest absolute Gasteiger partial charge is 0.478 e. The highest BCUT2D eigenvalue weighted by molar-refractivity contribution is 5.87. The second-order valence-electron chi connectivity index (χ2n) is 3.69. The molecule has 13 heavy (non-hydrogen) atoms. The highest BCUT2D eigenvalue weighted by atomic mass is 16.4. The van der Waals surface area contributed by atoms with Crippen molar-refractivity contribution in [1.29, 1.82) is 0 Å². The minimum absolute atomic E-state index is 0.240. The summed E-state index contributed by atoms with van der Waals surface area (Å²) in [6.45, 7) is 3.74. The molecule has 0 spiro atoms. The van der Waals surface area contributed by atoms with Gasteiger partial charge in [0.1, 0.15) is 0 Å². The summed E-state index contributed by atoms with van der Waals surface area (Å²) in [5.41, 5.74) is -0.585. The van der Waals surface area contributed by atoms with Gasteiger partial charge in [0, 0.05) is 12.4 Å². The first kappa shape index (κ1) is 9.80. The maximum absolute atomic E-state index is 10.5. The first-order chi connectivity index (χ1) is 5.88. The zero-order chi connectivity index (χ0) is 10.1. The van der Waals surface area contributed by atoms with Crippen LogP contribution in [0.3, 0.4) is 0 Å². The summed E-state index contributed by atoms with van der Waals surface area (Å²) in [5, 5.41) is 18.1. The lowest BCUT2D eigenvalue weighted by atomic mass is 10.1. The van der Waals surface area contributed by atoms with Crippen LogP contribution in [0.25, 0.3) is 0 Å². The molecule has 0 bridgehead atoms. The van der Waals surface area contributed by atoms with Crippen molar-refractivity contribution in [3.63, 3.8) is 0 Å². The van der Waals surface area contributed by atoms with Crippen molar-refractivity contribution in [2.75, 3.05) is 0 Å². The summed E-state index contributed by atoms with van der Waals surface area (Å²) < 4.78 is 1.66. The van der Waals surface area contributed by atoms with E-state index in [1.165, 1.54) is 12.3 Å². The molecule has 1 rings (SSSR count). The smallest absolute Gasteiger partial charge is 0.337 e. The van der Waals surface area contributed by atoms with E-state index in [-0.39, 0.29) is 5.56 Å². The number of carboxylic acids is 1. The molecule has 1 heterocycles. The number of hydrogen-bond acceptors (Lipinski definition) is 2. The van der Waals surface area contributed by atoms with Gasteiger partial charge in [-0.1, -0.05) is 0 Å². The fraction of sp³-hybridized carbons (Fsp3) is 0.444. The van der Waals surface area contributed by atoms with E-state index in [1.54, 1.807) is 24.6 Å². The maximum atomic E-state index is 10.5. The molecule has 1 aromatic rings. The highest BCUT2D eigenvalue weighted by Gasteiger charge is 2.14. The van der Waals surface area contributed by atoms with Gasteiger partial charge < -0.3 is 14.8 Å². The van der Waals surface area contributed by atoms with Crippen LogP contribution in [0.15, 0.2) is 18.5 Å². The Bertz CT molecular complexity index is 309. The van der Waals surface area contributed by atoms with Gasteiger partial charge in [-0.2, -0.15) is 0 Å². The monoisotopic (exact) mass is 183 g/mol. The third-order valence-electron chi connectivity index (χ3n) is 1.57. The second-order valence-corrected chi connectivity index (χ2v) is 3.69. The molecular weight excluding hydrogens is 170 g/mol. The molecule has 0 fully saturated rings. The maximum Gasteiger partial charge on any atom is 0.337 e. The van der Waals surface area contributed by atoms with Crippen molar-refractivity contribution in [3.05, 3.63) is 24.0 Å². The molecule has 0 aliphatic rings. The molecular formula is C9H13NO3. The summed E-state index contributed by atoms with van der Waals surface area (Å²) in [4.78, 5) is 10.5. The van der Waals surface area contributed by atoms with Crippen molar-refractivity contribution in [3.8, 4) is 0 Å². The van der Waals surface area contributed by atoms with Crippen molar-refractivity contribution in [1.82, 2.24) is 4.57 Å². The molecule has 0 radical (unpaired) electrons. The normalized spacial score (nSPS) is 11.6. The minimum atomic E-state index is -0.950. The SMILES string of the molecule is CC(C)(O)Cn1ccc(C(=O)O)c1. The molecule has 0 aliphatic carbocycles. The van der Waals surface area contributed by atoms with Crippen molar-refractivity contribution in [2.45, 2.75) is 26.0 Å². The molecule has 1 aromatic heterocycles. The summed E-state index contributed by atoms with van der Waals surface area (Å²) >= 11 is 0. The molecule has 72 valence electrons. The standard InChI is InChI=1S/C9H13NO3/c1-9(2,13)6-10-4-3-7(5-10)8(11)12/h3-5,13H,6H2,1-2H3,(H,11,12). The van der Waals surface area contributed by atoms with Crippen LogP contribution in [0.1, 0.15) is 24.2 Å². The zero-order valence-corrected chi connectivity index (χ0v) is 7.69. The Morgan fingerprint density at radius 2 is 2.23 bits per heavy atom. The van der Waals surface area contributed by atoms with Crippen molar-refractivity contribution >= 4 is 5.97 Å².